The van der Waals surface area contributed by atoms with Gasteiger partial charge in [0.1, 0.15) is 5.01 Å². The van der Waals surface area contributed by atoms with Gasteiger partial charge in [-0.2, -0.15) is 13.2 Å². The number of halogens is 3. The number of nitrogens with zero attached hydrogens (tertiary/aromatic N) is 2. The molecule has 30 heavy (non-hydrogen) atoms. The third-order valence-corrected chi connectivity index (χ3v) is 6.15. The summed E-state index contributed by atoms with van der Waals surface area (Å²) < 4.78 is 40.8. The summed E-state index contributed by atoms with van der Waals surface area (Å²) in [5.41, 5.74) is -1.86. The van der Waals surface area contributed by atoms with Gasteiger partial charge in [-0.3, -0.25) is 9.69 Å². The average Bonchev–Trinajstić information content (AvgIpc) is 3.13. The number of aromatic nitrogens is 1. The van der Waals surface area contributed by atoms with E-state index in [1.54, 1.807) is 0 Å². The standard InChI is InChI=1S/C21H28F3N3O2S/c1-4-27(5-2)17(11-16-9-7-6-8-10-16)13-25-18(28)12-20(29,21(22,23)24)19-26-15(3)14-30-19/h6-10,14,17,29H,4-5,11-13H2,1-3H3,(H,25,28). The number of hydrogen-bond acceptors (Lipinski definition) is 5. The molecule has 0 aliphatic heterocycles. The molecule has 0 aliphatic carbocycles. The van der Waals surface area contributed by atoms with Crippen molar-refractivity contribution < 1.29 is 23.1 Å². The molecule has 0 bridgehead atoms. The van der Waals surface area contributed by atoms with Gasteiger partial charge in [-0.15, -0.1) is 11.3 Å². The van der Waals surface area contributed by atoms with E-state index in [4.69, 9.17) is 0 Å². The maximum atomic E-state index is 13.6. The second-order valence-electron chi connectivity index (χ2n) is 7.20. The first-order chi connectivity index (χ1) is 14.1. The molecule has 0 saturated carbocycles. The Morgan fingerprint density at radius 1 is 1.23 bits per heavy atom. The monoisotopic (exact) mass is 443 g/mol. The Kier molecular flexibility index (Phi) is 8.40. The zero-order valence-electron chi connectivity index (χ0n) is 17.4. The molecular formula is C21H28F3N3O2S. The van der Waals surface area contributed by atoms with Crippen LogP contribution in [0.3, 0.4) is 0 Å². The molecule has 1 aromatic heterocycles. The number of hydrogen-bond donors (Lipinski definition) is 2. The van der Waals surface area contributed by atoms with E-state index in [0.717, 1.165) is 18.7 Å². The molecule has 0 fully saturated rings. The van der Waals surface area contributed by atoms with E-state index < -0.39 is 29.1 Å². The molecule has 2 aromatic rings. The lowest BCUT2D eigenvalue weighted by atomic mass is 9.99. The molecule has 1 amide bonds. The van der Waals surface area contributed by atoms with E-state index >= 15 is 0 Å². The van der Waals surface area contributed by atoms with Crippen molar-refractivity contribution in [3.05, 3.63) is 52.0 Å². The lowest BCUT2D eigenvalue weighted by Crippen LogP contribution is -2.49. The summed E-state index contributed by atoms with van der Waals surface area (Å²) in [5.74, 6) is -0.868. The van der Waals surface area contributed by atoms with Crippen molar-refractivity contribution in [2.45, 2.75) is 51.4 Å². The van der Waals surface area contributed by atoms with Gasteiger partial charge < -0.3 is 10.4 Å². The second-order valence-corrected chi connectivity index (χ2v) is 8.06. The van der Waals surface area contributed by atoms with Crippen LogP contribution in [-0.2, 0) is 16.8 Å². The maximum absolute atomic E-state index is 13.6. The van der Waals surface area contributed by atoms with Crippen LogP contribution in [0.15, 0.2) is 35.7 Å². The summed E-state index contributed by atoms with van der Waals surface area (Å²) in [5, 5.41) is 13.8. The Bertz CT molecular complexity index is 809. The largest absolute Gasteiger partial charge is 0.424 e. The van der Waals surface area contributed by atoms with Gasteiger partial charge in [0.25, 0.3) is 0 Å². The fraction of sp³-hybridized carbons (Fsp3) is 0.524. The highest BCUT2D eigenvalue weighted by atomic mass is 32.1. The fourth-order valence-electron chi connectivity index (χ4n) is 3.32. The van der Waals surface area contributed by atoms with Gasteiger partial charge in [0.15, 0.2) is 0 Å². The van der Waals surface area contributed by atoms with Crippen LogP contribution in [-0.4, -0.2) is 52.8 Å². The quantitative estimate of drug-likeness (QED) is 0.588. The Morgan fingerprint density at radius 3 is 2.37 bits per heavy atom. The molecule has 0 aliphatic rings. The van der Waals surface area contributed by atoms with Crippen molar-refractivity contribution in [2.24, 2.45) is 0 Å². The minimum Gasteiger partial charge on any atom is -0.374 e. The molecular weight excluding hydrogens is 415 g/mol. The van der Waals surface area contributed by atoms with Crippen LogP contribution in [0.1, 0.15) is 36.5 Å². The van der Waals surface area contributed by atoms with Crippen LogP contribution in [0.25, 0.3) is 0 Å². The molecule has 0 radical (unpaired) electrons. The lowest BCUT2D eigenvalue weighted by Gasteiger charge is -2.31. The predicted octanol–water partition coefficient (Wildman–Crippen LogP) is 3.66. The highest BCUT2D eigenvalue weighted by Gasteiger charge is 2.58. The van der Waals surface area contributed by atoms with E-state index in [0.29, 0.717) is 23.5 Å². The van der Waals surface area contributed by atoms with E-state index in [1.165, 1.54) is 12.3 Å². The smallest absolute Gasteiger partial charge is 0.374 e. The van der Waals surface area contributed by atoms with Crippen molar-refractivity contribution in [1.82, 2.24) is 15.2 Å². The number of alkyl halides is 3. The zero-order valence-corrected chi connectivity index (χ0v) is 18.2. The zero-order chi connectivity index (χ0) is 22.4. The normalized spacial score (nSPS) is 15.1. The van der Waals surface area contributed by atoms with Crippen LogP contribution in [0.4, 0.5) is 13.2 Å². The number of rotatable bonds is 10. The van der Waals surface area contributed by atoms with Gasteiger partial charge in [-0.1, -0.05) is 44.2 Å². The number of benzene rings is 1. The molecule has 9 heteroatoms. The topological polar surface area (TPSA) is 65.5 Å². The third-order valence-electron chi connectivity index (χ3n) is 5.04. The SMILES string of the molecule is CCN(CC)C(CNC(=O)CC(O)(c1nc(C)cs1)C(F)(F)F)Cc1ccccc1. The minimum atomic E-state index is -5.02. The first-order valence-corrected chi connectivity index (χ1v) is 10.7. The molecule has 2 atom stereocenters. The van der Waals surface area contributed by atoms with Crippen molar-refractivity contribution in [3.63, 3.8) is 0 Å². The fourth-order valence-corrected chi connectivity index (χ4v) is 4.24. The summed E-state index contributed by atoms with van der Waals surface area (Å²) >= 11 is 0.694. The van der Waals surface area contributed by atoms with Gasteiger partial charge in [0, 0.05) is 23.7 Å². The summed E-state index contributed by atoms with van der Waals surface area (Å²) in [4.78, 5) is 18.3. The van der Waals surface area contributed by atoms with Gasteiger partial charge >= 0.3 is 6.18 Å². The molecule has 0 saturated heterocycles. The molecule has 1 heterocycles. The van der Waals surface area contributed by atoms with E-state index in [9.17, 15) is 23.1 Å². The van der Waals surface area contributed by atoms with Crippen LogP contribution < -0.4 is 5.32 Å². The molecule has 5 nitrogen and oxygen atoms in total. The predicted molar refractivity (Wildman–Crippen MR) is 111 cm³/mol. The number of likely N-dealkylation sites (N-methyl/N-ethyl adjacent to an activating group) is 1. The summed E-state index contributed by atoms with van der Waals surface area (Å²) in [7, 11) is 0. The first-order valence-electron chi connectivity index (χ1n) is 9.87. The molecule has 166 valence electrons. The second kappa shape index (κ2) is 10.4. The Balaban J connectivity index is 2.11. The van der Waals surface area contributed by atoms with Crippen LogP contribution in [0.5, 0.6) is 0 Å². The maximum Gasteiger partial charge on any atom is 0.424 e. The number of carbonyl (C=O) groups excluding carboxylic acids is 1. The highest BCUT2D eigenvalue weighted by molar-refractivity contribution is 7.09. The highest BCUT2D eigenvalue weighted by Crippen LogP contribution is 2.42. The van der Waals surface area contributed by atoms with E-state index in [1.807, 2.05) is 44.2 Å². The van der Waals surface area contributed by atoms with Crippen molar-refractivity contribution in [1.29, 1.82) is 0 Å². The molecule has 2 N–H and O–H groups in total. The number of nitrogens with one attached hydrogen (secondary N) is 1. The number of carbonyl (C=O) groups is 1. The van der Waals surface area contributed by atoms with Crippen molar-refractivity contribution >= 4 is 17.2 Å². The molecule has 2 rings (SSSR count). The summed E-state index contributed by atoms with van der Waals surface area (Å²) in [6, 6.07) is 9.64. The van der Waals surface area contributed by atoms with Gasteiger partial charge in [-0.05, 0) is 32.0 Å². The Labute approximate surface area is 178 Å². The first kappa shape index (κ1) is 24.3. The molecule has 0 spiro atoms. The van der Waals surface area contributed by atoms with E-state index in [2.05, 4.69) is 15.2 Å². The number of amides is 1. The summed E-state index contributed by atoms with van der Waals surface area (Å²) in [6.07, 6.45) is -5.49. The Morgan fingerprint density at radius 2 is 1.87 bits per heavy atom. The van der Waals surface area contributed by atoms with Crippen molar-refractivity contribution in [3.8, 4) is 0 Å². The van der Waals surface area contributed by atoms with Gasteiger partial charge in [-0.25, -0.2) is 4.98 Å². The Hall–Kier alpha value is -1.97. The van der Waals surface area contributed by atoms with Crippen LogP contribution in [0, 0.1) is 6.92 Å². The third kappa shape index (κ3) is 6.02. The number of thiazole rings is 1. The summed E-state index contributed by atoms with van der Waals surface area (Å²) in [6.45, 7) is 7.20. The molecule has 1 aromatic carbocycles. The molecule has 2 unspecified atom stereocenters. The lowest BCUT2D eigenvalue weighted by molar-refractivity contribution is -0.267. The van der Waals surface area contributed by atoms with E-state index in [-0.39, 0.29) is 12.6 Å². The number of aliphatic hydroxyl groups is 1. The van der Waals surface area contributed by atoms with Gasteiger partial charge in [0.05, 0.1) is 6.42 Å². The van der Waals surface area contributed by atoms with Gasteiger partial charge in [0.2, 0.25) is 11.5 Å². The minimum absolute atomic E-state index is 0.0764. The average molecular weight is 444 g/mol. The van der Waals surface area contributed by atoms with Crippen LogP contribution in [0.2, 0.25) is 0 Å². The van der Waals surface area contributed by atoms with Crippen molar-refractivity contribution in [2.75, 3.05) is 19.6 Å². The number of aryl methyl sites for hydroxylation is 1. The van der Waals surface area contributed by atoms with Crippen LogP contribution >= 0.6 is 11.3 Å².